The van der Waals surface area contributed by atoms with Gasteiger partial charge in [0.2, 0.25) is 0 Å². The predicted octanol–water partition coefficient (Wildman–Crippen LogP) is 2.97. The molecule has 1 rings (SSSR count). The smallest absolute Gasteiger partial charge is 0.0462 e. The summed E-state index contributed by atoms with van der Waals surface area (Å²) >= 11 is 0. The average Bonchev–Trinajstić information content (AvgIpc) is 2.71. The molecule has 2 atom stereocenters. The van der Waals surface area contributed by atoms with Crippen LogP contribution < -0.4 is 5.32 Å². The number of hydrogen-bond donors (Lipinski definition) is 1. The molecule has 1 N–H and O–H groups in total. The van der Waals surface area contributed by atoms with Gasteiger partial charge in [-0.1, -0.05) is 13.3 Å². The Morgan fingerprint density at radius 1 is 1.20 bits per heavy atom. The fourth-order valence-corrected chi connectivity index (χ4v) is 2.49. The Morgan fingerprint density at radius 2 is 2.07 bits per heavy atom. The first-order valence-electron chi connectivity index (χ1n) is 6.59. The van der Waals surface area contributed by atoms with Gasteiger partial charge in [0.05, 0.1) is 0 Å². The summed E-state index contributed by atoms with van der Waals surface area (Å²) in [5.74, 6) is 0.996. The summed E-state index contributed by atoms with van der Waals surface area (Å²) in [6.07, 6.45) is 9.43. The van der Waals surface area contributed by atoms with Crippen LogP contribution in [0.3, 0.4) is 0 Å². The van der Waals surface area contributed by atoms with Crippen molar-refractivity contribution in [2.75, 3.05) is 20.3 Å². The van der Waals surface area contributed by atoms with Crippen molar-refractivity contribution in [1.29, 1.82) is 0 Å². The van der Waals surface area contributed by atoms with Gasteiger partial charge in [-0.25, -0.2) is 0 Å². The van der Waals surface area contributed by atoms with Gasteiger partial charge in [0.15, 0.2) is 0 Å². The summed E-state index contributed by atoms with van der Waals surface area (Å²) < 4.78 is 5.03. The zero-order chi connectivity index (χ0) is 10.9. The number of rotatable bonds is 8. The lowest BCUT2D eigenvalue weighted by Crippen LogP contribution is -2.27. The molecule has 2 nitrogen and oxygen atoms in total. The quantitative estimate of drug-likeness (QED) is 0.626. The van der Waals surface area contributed by atoms with Crippen molar-refractivity contribution >= 4 is 0 Å². The molecular formula is C13H27NO. The lowest BCUT2D eigenvalue weighted by atomic mass is 10.1. The highest BCUT2D eigenvalue weighted by atomic mass is 16.5. The van der Waals surface area contributed by atoms with Crippen molar-refractivity contribution in [2.24, 2.45) is 5.92 Å². The van der Waals surface area contributed by atoms with E-state index >= 15 is 0 Å². The molecule has 0 bridgehead atoms. The molecule has 0 aromatic rings. The Kier molecular flexibility index (Phi) is 7.03. The monoisotopic (exact) mass is 213 g/mol. The van der Waals surface area contributed by atoms with Crippen LogP contribution in [0.25, 0.3) is 0 Å². The molecule has 0 saturated heterocycles. The average molecular weight is 213 g/mol. The van der Waals surface area contributed by atoms with Crippen LogP contribution in [0.15, 0.2) is 0 Å². The van der Waals surface area contributed by atoms with Crippen LogP contribution in [-0.2, 0) is 4.74 Å². The van der Waals surface area contributed by atoms with Crippen LogP contribution in [0.1, 0.15) is 51.9 Å². The van der Waals surface area contributed by atoms with Crippen LogP contribution in [0, 0.1) is 5.92 Å². The first-order chi connectivity index (χ1) is 7.36. The van der Waals surface area contributed by atoms with Crippen molar-refractivity contribution < 1.29 is 4.74 Å². The van der Waals surface area contributed by atoms with Crippen LogP contribution >= 0.6 is 0 Å². The summed E-state index contributed by atoms with van der Waals surface area (Å²) in [5.41, 5.74) is 0. The lowest BCUT2D eigenvalue weighted by molar-refractivity contribution is 0.192. The van der Waals surface area contributed by atoms with Crippen molar-refractivity contribution in [1.82, 2.24) is 5.32 Å². The molecule has 1 aliphatic carbocycles. The largest absolute Gasteiger partial charge is 0.385 e. The summed E-state index contributed by atoms with van der Waals surface area (Å²) in [6, 6.07) is 0.817. The lowest BCUT2D eigenvalue weighted by Gasteiger charge is -2.12. The van der Waals surface area contributed by atoms with E-state index in [1.807, 2.05) is 0 Å². The van der Waals surface area contributed by atoms with Crippen molar-refractivity contribution in [3.05, 3.63) is 0 Å². The Balaban J connectivity index is 1.88. The molecule has 2 heteroatoms. The zero-order valence-electron chi connectivity index (χ0n) is 10.4. The normalized spacial score (nSPS) is 26.0. The fraction of sp³-hybridized carbons (Fsp3) is 1.00. The van der Waals surface area contributed by atoms with E-state index < -0.39 is 0 Å². The highest BCUT2D eigenvalue weighted by Crippen LogP contribution is 2.27. The number of methoxy groups -OCH3 is 1. The molecule has 0 spiro atoms. The molecule has 0 heterocycles. The highest BCUT2D eigenvalue weighted by Gasteiger charge is 2.22. The molecule has 15 heavy (non-hydrogen) atoms. The van der Waals surface area contributed by atoms with Crippen molar-refractivity contribution in [3.8, 4) is 0 Å². The second kappa shape index (κ2) is 8.12. The van der Waals surface area contributed by atoms with Gasteiger partial charge in [-0.05, 0) is 51.0 Å². The Labute approximate surface area is 94.8 Å². The minimum atomic E-state index is 0.817. The molecule has 90 valence electrons. The van der Waals surface area contributed by atoms with Gasteiger partial charge in [0, 0.05) is 19.8 Å². The highest BCUT2D eigenvalue weighted by molar-refractivity contribution is 4.79. The molecule has 1 saturated carbocycles. The standard InChI is InChI=1S/C13H27NO/c1-3-12-7-8-13(11-12)14-9-5-4-6-10-15-2/h12-14H,3-11H2,1-2H3. The van der Waals surface area contributed by atoms with E-state index in [1.54, 1.807) is 7.11 Å². The first kappa shape index (κ1) is 13.0. The predicted molar refractivity (Wildman–Crippen MR) is 65.1 cm³/mol. The molecule has 0 aromatic carbocycles. The molecule has 0 aromatic heterocycles. The van der Waals surface area contributed by atoms with Gasteiger partial charge in [0.25, 0.3) is 0 Å². The van der Waals surface area contributed by atoms with E-state index in [4.69, 9.17) is 4.74 Å². The maximum Gasteiger partial charge on any atom is 0.0462 e. The molecule has 2 unspecified atom stereocenters. The first-order valence-corrected chi connectivity index (χ1v) is 6.59. The van der Waals surface area contributed by atoms with Gasteiger partial charge in [-0.15, -0.1) is 0 Å². The Morgan fingerprint density at radius 3 is 2.73 bits per heavy atom. The van der Waals surface area contributed by atoms with Gasteiger partial charge in [0.1, 0.15) is 0 Å². The Bertz CT molecular complexity index is 149. The third kappa shape index (κ3) is 5.53. The number of unbranched alkanes of at least 4 members (excludes halogenated alkanes) is 2. The molecular weight excluding hydrogens is 186 g/mol. The van der Waals surface area contributed by atoms with Gasteiger partial charge < -0.3 is 10.1 Å². The number of ether oxygens (including phenoxy) is 1. The van der Waals surface area contributed by atoms with Crippen LogP contribution in [0.5, 0.6) is 0 Å². The van der Waals surface area contributed by atoms with Gasteiger partial charge in [-0.3, -0.25) is 0 Å². The third-order valence-electron chi connectivity index (χ3n) is 3.58. The van der Waals surface area contributed by atoms with Crippen LogP contribution in [-0.4, -0.2) is 26.3 Å². The van der Waals surface area contributed by atoms with Gasteiger partial charge in [-0.2, -0.15) is 0 Å². The summed E-state index contributed by atoms with van der Waals surface area (Å²) in [4.78, 5) is 0. The van der Waals surface area contributed by atoms with Crippen molar-refractivity contribution in [3.63, 3.8) is 0 Å². The van der Waals surface area contributed by atoms with Crippen LogP contribution in [0.4, 0.5) is 0 Å². The molecule has 1 aliphatic rings. The van der Waals surface area contributed by atoms with E-state index in [2.05, 4.69) is 12.2 Å². The SMILES string of the molecule is CCC1CCC(NCCCCCOC)C1. The maximum atomic E-state index is 5.03. The van der Waals surface area contributed by atoms with Crippen LogP contribution in [0.2, 0.25) is 0 Å². The summed E-state index contributed by atoms with van der Waals surface area (Å²) in [7, 11) is 1.78. The third-order valence-corrected chi connectivity index (χ3v) is 3.58. The molecule has 0 aliphatic heterocycles. The second-order valence-corrected chi connectivity index (χ2v) is 4.79. The topological polar surface area (TPSA) is 21.3 Å². The Hall–Kier alpha value is -0.0800. The molecule has 0 amide bonds. The molecule has 0 radical (unpaired) electrons. The fourth-order valence-electron chi connectivity index (χ4n) is 2.49. The van der Waals surface area contributed by atoms with Crippen molar-refractivity contribution in [2.45, 2.75) is 57.9 Å². The maximum absolute atomic E-state index is 5.03. The second-order valence-electron chi connectivity index (χ2n) is 4.79. The zero-order valence-corrected chi connectivity index (χ0v) is 10.4. The van der Waals surface area contributed by atoms with E-state index in [0.29, 0.717) is 0 Å². The number of hydrogen-bond acceptors (Lipinski definition) is 2. The minimum Gasteiger partial charge on any atom is -0.385 e. The van der Waals surface area contributed by atoms with E-state index in [9.17, 15) is 0 Å². The number of nitrogens with one attached hydrogen (secondary N) is 1. The van der Waals surface area contributed by atoms with Gasteiger partial charge >= 0.3 is 0 Å². The minimum absolute atomic E-state index is 0.817. The summed E-state index contributed by atoms with van der Waals surface area (Å²) in [5, 5.41) is 3.68. The summed E-state index contributed by atoms with van der Waals surface area (Å²) in [6.45, 7) is 4.43. The molecule has 1 fully saturated rings. The van der Waals surface area contributed by atoms with E-state index in [0.717, 1.165) is 18.6 Å². The van der Waals surface area contributed by atoms with E-state index in [-0.39, 0.29) is 0 Å². The van der Waals surface area contributed by atoms with E-state index in [1.165, 1.54) is 51.5 Å².